The van der Waals surface area contributed by atoms with Gasteiger partial charge in [-0.25, -0.2) is 13.4 Å². The fraction of sp³-hybridized carbons (Fsp3) is 0.316. The van der Waals surface area contributed by atoms with Gasteiger partial charge >= 0.3 is 0 Å². The van der Waals surface area contributed by atoms with Crippen molar-refractivity contribution in [2.45, 2.75) is 31.1 Å². The third-order valence-electron chi connectivity index (χ3n) is 4.46. The molecule has 28 heavy (non-hydrogen) atoms. The van der Waals surface area contributed by atoms with Gasteiger partial charge in [0.15, 0.2) is 9.84 Å². The highest BCUT2D eigenvalue weighted by Crippen LogP contribution is 2.38. The van der Waals surface area contributed by atoms with Crippen LogP contribution < -0.4 is 10.2 Å². The second kappa shape index (κ2) is 8.40. The lowest BCUT2D eigenvalue weighted by atomic mass is 10.2. The summed E-state index contributed by atoms with van der Waals surface area (Å²) in [6.45, 7) is 2.20. The number of aromatic nitrogens is 1. The first-order valence-electron chi connectivity index (χ1n) is 8.88. The van der Waals surface area contributed by atoms with Crippen molar-refractivity contribution in [2.24, 2.45) is 0 Å². The van der Waals surface area contributed by atoms with Crippen LogP contribution in [0, 0.1) is 0 Å². The van der Waals surface area contributed by atoms with Gasteiger partial charge in [0.2, 0.25) is 11.8 Å². The van der Waals surface area contributed by atoms with Gasteiger partial charge in [0.05, 0.1) is 16.3 Å². The second-order valence-corrected chi connectivity index (χ2v) is 9.39. The van der Waals surface area contributed by atoms with Gasteiger partial charge in [-0.2, -0.15) is 0 Å². The maximum absolute atomic E-state index is 13.0. The van der Waals surface area contributed by atoms with Crippen molar-refractivity contribution in [1.29, 1.82) is 0 Å². The number of anilines is 2. The van der Waals surface area contributed by atoms with Crippen molar-refractivity contribution in [3.8, 4) is 0 Å². The molecule has 1 aliphatic heterocycles. The van der Waals surface area contributed by atoms with Crippen LogP contribution in [0.25, 0.3) is 0 Å². The zero-order valence-corrected chi connectivity index (χ0v) is 17.7. The Kier molecular flexibility index (Phi) is 6.14. The summed E-state index contributed by atoms with van der Waals surface area (Å²) in [6, 6.07) is 8.42. The molecule has 2 aromatic rings. The zero-order chi connectivity index (χ0) is 20.3. The van der Waals surface area contributed by atoms with Gasteiger partial charge in [0.25, 0.3) is 0 Å². The lowest BCUT2D eigenvalue weighted by Crippen LogP contribution is -2.29. The molecular weight excluding hydrogens is 446 g/mol. The van der Waals surface area contributed by atoms with E-state index in [4.69, 9.17) is 0 Å². The number of nitrogens with one attached hydrogen (secondary N) is 1. The van der Waals surface area contributed by atoms with Gasteiger partial charge < -0.3 is 10.2 Å². The van der Waals surface area contributed by atoms with Crippen LogP contribution in [0.3, 0.4) is 0 Å². The molecule has 1 aromatic carbocycles. The number of hydrogen-bond donors (Lipinski definition) is 1. The molecule has 1 aliphatic rings. The van der Waals surface area contributed by atoms with Crippen LogP contribution in [0.2, 0.25) is 0 Å². The van der Waals surface area contributed by atoms with Gasteiger partial charge in [0, 0.05) is 30.1 Å². The van der Waals surface area contributed by atoms with Crippen molar-refractivity contribution in [2.75, 3.05) is 22.5 Å². The van der Waals surface area contributed by atoms with E-state index >= 15 is 0 Å². The van der Waals surface area contributed by atoms with Crippen LogP contribution in [0.1, 0.15) is 25.3 Å². The van der Waals surface area contributed by atoms with E-state index in [1.807, 2.05) is 6.07 Å². The van der Waals surface area contributed by atoms with E-state index in [-0.39, 0.29) is 23.0 Å². The summed E-state index contributed by atoms with van der Waals surface area (Å²) in [6.07, 6.45) is 2.23. The number of carbonyl (C=O) groups excluding carboxylic acids is 2. The first kappa shape index (κ1) is 20.5. The number of benzene rings is 1. The lowest BCUT2D eigenvalue weighted by molar-refractivity contribution is -0.118. The Morgan fingerprint density at radius 3 is 2.75 bits per heavy atom. The monoisotopic (exact) mass is 465 g/mol. The van der Waals surface area contributed by atoms with Crippen molar-refractivity contribution in [3.63, 3.8) is 0 Å². The molecule has 0 saturated heterocycles. The lowest BCUT2D eigenvalue weighted by Gasteiger charge is -2.20. The number of nitrogens with zero attached hydrogens (tertiary/aromatic N) is 2. The van der Waals surface area contributed by atoms with E-state index in [0.717, 1.165) is 5.56 Å². The van der Waals surface area contributed by atoms with E-state index in [1.165, 1.54) is 17.2 Å². The number of hydrogen-bond acceptors (Lipinski definition) is 5. The minimum absolute atomic E-state index is 0.0850. The largest absolute Gasteiger partial charge is 0.311 e. The molecule has 1 aromatic heterocycles. The molecule has 0 fully saturated rings. The van der Waals surface area contributed by atoms with Crippen LogP contribution in [0.4, 0.5) is 11.5 Å². The smallest absolute Gasteiger partial charge is 0.226 e. The van der Waals surface area contributed by atoms with Crippen LogP contribution in [0.15, 0.2) is 45.9 Å². The Bertz CT molecular complexity index is 1010. The van der Waals surface area contributed by atoms with Crippen molar-refractivity contribution < 1.29 is 18.0 Å². The molecule has 1 N–H and O–H groups in total. The Labute approximate surface area is 172 Å². The second-order valence-electron chi connectivity index (χ2n) is 6.39. The highest BCUT2D eigenvalue weighted by atomic mass is 79.9. The minimum Gasteiger partial charge on any atom is -0.311 e. The molecule has 9 heteroatoms. The number of pyridine rings is 1. The average molecular weight is 466 g/mol. The maximum Gasteiger partial charge on any atom is 0.226 e. The SMILES string of the molecule is CCC(=O)N1CCc2cc(Br)cc(S(=O)(=O)CCC(=O)Nc3ccccn3)c21. The molecule has 2 amide bonds. The molecule has 0 atom stereocenters. The molecule has 0 unspecified atom stereocenters. The third-order valence-corrected chi connectivity index (χ3v) is 6.64. The molecule has 0 aliphatic carbocycles. The Balaban J connectivity index is 1.82. The van der Waals surface area contributed by atoms with Gasteiger partial charge in [0.1, 0.15) is 5.82 Å². The number of amides is 2. The molecule has 3 rings (SSSR count). The summed E-state index contributed by atoms with van der Waals surface area (Å²) in [7, 11) is -3.78. The normalized spacial score (nSPS) is 13.3. The molecule has 2 heterocycles. The maximum atomic E-state index is 13.0. The average Bonchev–Trinajstić information content (AvgIpc) is 3.09. The molecule has 148 valence electrons. The quantitative estimate of drug-likeness (QED) is 0.706. The summed E-state index contributed by atoms with van der Waals surface area (Å²) in [5.41, 5.74) is 1.26. The van der Waals surface area contributed by atoms with E-state index in [0.29, 0.717) is 35.4 Å². The molecule has 7 nitrogen and oxygen atoms in total. The number of rotatable bonds is 6. The number of halogens is 1. The van der Waals surface area contributed by atoms with Crippen LogP contribution in [-0.2, 0) is 25.8 Å². The molecule has 0 radical (unpaired) electrons. The van der Waals surface area contributed by atoms with E-state index in [2.05, 4.69) is 26.2 Å². The topological polar surface area (TPSA) is 96.4 Å². The van der Waals surface area contributed by atoms with Gasteiger partial charge in [-0.3, -0.25) is 9.59 Å². The fourth-order valence-electron chi connectivity index (χ4n) is 3.13. The first-order chi connectivity index (χ1) is 13.3. The predicted octanol–water partition coefficient (Wildman–Crippen LogP) is 2.95. The highest BCUT2D eigenvalue weighted by molar-refractivity contribution is 9.10. The molecule has 0 bridgehead atoms. The minimum atomic E-state index is -3.78. The van der Waals surface area contributed by atoms with E-state index in [9.17, 15) is 18.0 Å². The highest BCUT2D eigenvalue weighted by Gasteiger charge is 2.32. The van der Waals surface area contributed by atoms with E-state index < -0.39 is 15.7 Å². The summed E-state index contributed by atoms with van der Waals surface area (Å²) in [5, 5.41) is 2.58. The molecular formula is C19H20BrN3O4S. The van der Waals surface area contributed by atoms with Gasteiger partial charge in [-0.05, 0) is 36.2 Å². The van der Waals surface area contributed by atoms with Crippen molar-refractivity contribution in [3.05, 3.63) is 46.6 Å². The fourth-order valence-corrected chi connectivity index (χ4v) is 5.30. The zero-order valence-electron chi connectivity index (χ0n) is 15.3. The number of carbonyl (C=O) groups is 2. The Hall–Kier alpha value is -2.26. The molecule has 0 saturated carbocycles. The van der Waals surface area contributed by atoms with Crippen LogP contribution in [-0.4, -0.2) is 37.5 Å². The molecule has 0 spiro atoms. The standard InChI is InChI=1S/C19H20BrN3O4S/c1-2-18(25)23-9-6-13-11-14(20)12-15(19(13)23)28(26,27)10-7-17(24)22-16-5-3-4-8-21-16/h3-5,8,11-12H,2,6-7,9-10H2,1H3,(H,21,22,24). The Morgan fingerprint density at radius 2 is 2.07 bits per heavy atom. The van der Waals surface area contributed by atoms with E-state index in [1.54, 1.807) is 25.1 Å². The predicted molar refractivity (Wildman–Crippen MR) is 110 cm³/mol. The summed E-state index contributed by atoms with van der Waals surface area (Å²) in [5.74, 6) is -0.545. The summed E-state index contributed by atoms with van der Waals surface area (Å²) >= 11 is 3.35. The van der Waals surface area contributed by atoms with Crippen molar-refractivity contribution >= 4 is 49.1 Å². The van der Waals surface area contributed by atoms with Gasteiger partial charge in [-0.15, -0.1) is 0 Å². The Morgan fingerprint density at radius 1 is 1.29 bits per heavy atom. The van der Waals surface area contributed by atoms with Crippen molar-refractivity contribution in [1.82, 2.24) is 4.98 Å². The summed E-state index contributed by atoms with van der Waals surface area (Å²) in [4.78, 5) is 30.0. The number of fused-ring (bicyclic) bond motifs is 1. The van der Waals surface area contributed by atoms with Crippen LogP contribution >= 0.6 is 15.9 Å². The summed E-state index contributed by atoms with van der Waals surface area (Å²) < 4.78 is 26.6. The third kappa shape index (κ3) is 4.41. The van der Waals surface area contributed by atoms with Gasteiger partial charge in [-0.1, -0.05) is 28.9 Å². The van der Waals surface area contributed by atoms with Crippen LogP contribution in [0.5, 0.6) is 0 Å². The first-order valence-corrected chi connectivity index (χ1v) is 11.3. The number of sulfone groups is 1.